The summed E-state index contributed by atoms with van der Waals surface area (Å²) in [5.41, 5.74) is 8.61. The third-order valence-corrected chi connectivity index (χ3v) is 5.26. The Balaban J connectivity index is 1.44. The Morgan fingerprint density at radius 3 is 2.39 bits per heavy atom. The molecule has 6 heteroatoms. The monoisotopic (exact) mass is 383 g/mol. The van der Waals surface area contributed by atoms with Gasteiger partial charge in [-0.05, 0) is 54.7 Å². The van der Waals surface area contributed by atoms with Crippen LogP contribution in [0, 0.1) is 18.7 Å². The molecule has 3 N–H and O–H groups in total. The van der Waals surface area contributed by atoms with Gasteiger partial charge in [-0.1, -0.05) is 24.3 Å². The van der Waals surface area contributed by atoms with Gasteiger partial charge in [0.1, 0.15) is 5.82 Å². The molecule has 148 valence electrons. The SMILES string of the molecule is Cc1ccc(CNC(=O)C2CCN(C(=O)Cc3ccc(N)cc3)CC2)cc1F. The van der Waals surface area contributed by atoms with Crippen molar-refractivity contribution in [2.75, 3.05) is 18.8 Å². The number of aryl methyl sites for hydroxylation is 1. The predicted octanol–water partition coefficient (Wildman–Crippen LogP) is 2.81. The Hall–Kier alpha value is -2.89. The molecule has 0 aromatic heterocycles. The highest BCUT2D eigenvalue weighted by Crippen LogP contribution is 2.19. The van der Waals surface area contributed by atoms with Crippen molar-refractivity contribution < 1.29 is 14.0 Å². The minimum atomic E-state index is -0.264. The molecule has 2 amide bonds. The van der Waals surface area contributed by atoms with E-state index in [4.69, 9.17) is 5.73 Å². The van der Waals surface area contributed by atoms with Crippen molar-refractivity contribution in [3.63, 3.8) is 0 Å². The van der Waals surface area contributed by atoms with Gasteiger partial charge in [0.2, 0.25) is 11.8 Å². The largest absolute Gasteiger partial charge is 0.399 e. The van der Waals surface area contributed by atoms with Gasteiger partial charge in [-0.2, -0.15) is 0 Å². The summed E-state index contributed by atoms with van der Waals surface area (Å²) in [6, 6.07) is 12.3. The molecule has 1 fully saturated rings. The second-order valence-electron chi connectivity index (χ2n) is 7.37. The molecule has 5 nitrogen and oxygen atoms in total. The molecule has 1 saturated heterocycles. The molecular formula is C22H26FN3O2. The second kappa shape index (κ2) is 8.87. The molecule has 0 radical (unpaired) electrons. The van der Waals surface area contributed by atoms with Crippen LogP contribution >= 0.6 is 0 Å². The second-order valence-corrected chi connectivity index (χ2v) is 7.37. The summed E-state index contributed by atoms with van der Waals surface area (Å²) in [5.74, 6) is -0.346. The summed E-state index contributed by atoms with van der Waals surface area (Å²) >= 11 is 0. The summed E-state index contributed by atoms with van der Waals surface area (Å²) in [5, 5.41) is 2.88. The topological polar surface area (TPSA) is 75.4 Å². The molecule has 28 heavy (non-hydrogen) atoms. The molecule has 0 aliphatic carbocycles. The average molecular weight is 383 g/mol. The molecule has 1 aliphatic rings. The molecule has 1 heterocycles. The fourth-order valence-electron chi connectivity index (χ4n) is 3.39. The number of anilines is 1. The average Bonchev–Trinajstić information content (AvgIpc) is 2.70. The van der Waals surface area contributed by atoms with Gasteiger partial charge < -0.3 is 16.0 Å². The van der Waals surface area contributed by atoms with Crippen LogP contribution in [0.1, 0.15) is 29.5 Å². The molecule has 0 atom stereocenters. The van der Waals surface area contributed by atoms with Crippen LogP contribution in [-0.2, 0) is 22.6 Å². The van der Waals surface area contributed by atoms with Crippen molar-refractivity contribution in [1.82, 2.24) is 10.2 Å². The van der Waals surface area contributed by atoms with Crippen LogP contribution in [-0.4, -0.2) is 29.8 Å². The Morgan fingerprint density at radius 2 is 1.75 bits per heavy atom. The fourth-order valence-corrected chi connectivity index (χ4v) is 3.39. The predicted molar refractivity (Wildman–Crippen MR) is 107 cm³/mol. The van der Waals surface area contributed by atoms with Crippen LogP contribution in [0.25, 0.3) is 0 Å². The van der Waals surface area contributed by atoms with Crippen molar-refractivity contribution in [2.45, 2.75) is 32.7 Å². The van der Waals surface area contributed by atoms with E-state index in [1.165, 1.54) is 6.07 Å². The number of benzene rings is 2. The number of likely N-dealkylation sites (tertiary alicyclic amines) is 1. The molecule has 0 bridgehead atoms. The Bertz CT molecular complexity index is 843. The first-order valence-corrected chi connectivity index (χ1v) is 9.57. The molecule has 3 rings (SSSR count). The van der Waals surface area contributed by atoms with Gasteiger partial charge >= 0.3 is 0 Å². The van der Waals surface area contributed by atoms with Crippen molar-refractivity contribution in [3.05, 3.63) is 65.0 Å². The number of hydrogen-bond donors (Lipinski definition) is 2. The molecule has 0 spiro atoms. The van der Waals surface area contributed by atoms with E-state index in [1.807, 2.05) is 23.1 Å². The van der Waals surface area contributed by atoms with Gasteiger partial charge in [-0.3, -0.25) is 9.59 Å². The van der Waals surface area contributed by atoms with Crippen LogP contribution in [0.5, 0.6) is 0 Å². The highest BCUT2D eigenvalue weighted by Gasteiger charge is 2.27. The van der Waals surface area contributed by atoms with E-state index in [9.17, 15) is 14.0 Å². The van der Waals surface area contributed by atoms with Crippen LogP contribution in [0.3, 0.4) is 0 Å². The van der Waals surface area contributed by atoms with Gasteiger partial charge in [0.25, 0.3) is 0 Å². The van der Waals surface area contributed by atoms with E-state index in [1.54, 1.807) is 25.1 Å². The van der Waals surface area contributed by atoms with Gasteiger partial charge in [0, 0.05) is 31.2 Å². The number of nitrogen functional groups attached to an aromatic ring is 1. The summed E-state index contributed by atoms with van der Waals surface area (Å²) in [6.45, 7) is 3.17. The lowest BCUT2D eigenvalue weighted by molar-refractivity contribution is -0.135. The lowest BCUT2D eigenvalue weighted by Gasteiger charge is -2.31. The van der Waals surface area contributed by atoms with Crippen LogP contribution in [0.4, 0.5) is 10.1 Å². The number of rotatable bonds is 5. The van der Waals surface area contributed by atoms with Crippen molar-refractivity contribution in [2.24, 2.45) is 5.92 Å². The number of nitrogens with zero attached hydrogens (tertiary/aromatic N) is 1. The maximum atomic E-state index is 13.6. The van der Waals surface area contributed by atoms with Crippen molar-refractivity contribution in [1.29, 1.82) is 0 Å². The van der Waals surface area contributed by atoms with Crippen molar-refractivity contribution >= 4 is 17.5 Å². The van der Waals surface area contributed by atoms with Crippen molar-refractivity contribution in [3.8, 4) is 0 Å². The zero-order valence-corrected chi connectivity index (χ0v) is 16.1. The minimum Gasteiger partial charge on any atom is -0.399 e. The molecule has 2 aromatic carbocycles. The third kappa shape index (κ3) is 5.09. The zero-order valence-electron chi connectivity index (χ0n) is 16.1. The summed E-state index contributed by atoms with van der Waals surface area (Å²) in [7, 11) is 0. The Labute approximate surface area is 164 Å². The van der Waals surface area contributed by atoms with Gasteiger partial charge in [0.05, 0.1) is 6.42 Å². The molecule has 1 aliphatic heterocycles. The first kappa shape index (κ1) is 19.9. The van der Waals surface area contributed by atoms with E-state index < -0.39 is 0 Å². The van der Waals surface area contributed by atoms with E-state index in [0.29, 0.717) is 50.1 Å². The number of nitrogens with two attached hydrogens (primary N) is 1. The van der Waals surface area contributed by atoms with Gasteiger partial charge in [0.15, 0.2) is 0 Å². The third-order valence-electron chi connectivity index (χ3n) is 5.26. The lowest BCUT2D eigenvalue weighted by Crippen LogP contribution is -2.43. The number of nitrogens with one attached hydrogen (secondary N) is 1. The maximum absolute atomic E-state index is 13.6. The lowest BCUT2D eigenvalue weighted by atomic mass is 9.95. The highest BCUT2D eigenvalue weighted by atomic mass is 19.1. The number of amides is 2. The van der Waals surface area contributed by atoms with Gasteiger partial charge in [-0.15, -0.1) is 0 Å². The number of halogens is 1. The standard InChI is InChI=1S/C22H26FN3O2/c1-15-2-3-17(12-20(15)23)14-25-22(28)18-8-10-26(11-9-18)21(27)13-16-4-6-19(24)7-5-16/h2-7,12,18H,8-11,13-14,24H2,1H3,(H,25,28). The Morgan fingerprint density at radius 1 is 1.11 bits per heavy atom. The fraction of sp³-hybridized carbons (Fsp3) is 0.364. The van der Waals surface area contributed by atoms with E-state index in [-0.39, 0.29) is 23.5 Å². The Kier molecular flexibility index (Phi) is 6.29. The number of piperidine rings is 1. The molecule has 2 aromatic rings. The molecular weight excluding hydrogens is 357 g/mol. The van der Waals surface area contributed by atoms with Crippen LogP contribution in [0.15, 0.2) is 42.5 Å². The van der Waals surface area contributed by atoms with E-state index in [0.717, 1.165) is 11.1 Å². The first-order chi connectivity index (χ1) is 13.4. The van der Waals surface area contributed by atoms with E-state index >= 15 is 0 Å². The van der Waals surface area contributed by atoms with Crippen LogP contribution < -0.4 is 11.1 Å². The number of carbonyl (C=O) groups is 2. The first-order valence-electron chi connectivity index (χ1n) is 9.57. The quantitative estimate of drug-likeness (QED) is 0.780. The summed E-state index contributed by atoms with van der Waals surface area (Å²) in [6.07, 6.45) is 1.62. The van der Waals surface area contributed by atoms with Crippen LogP contribution in [0.2, 0.25) is 0 Å². The number of carbonyl (C=O) groups excluding carboxylic acids is 2. The normalized spacial score (nSPS) is 14.7. The smallest absolute Gasteiger partial charge is 0.226 e. The summed E-state index contributed by atoms with van der Waals surface area (Å²) in [4.78, 5) is 26.7. The zero-order chi connectivity index (χ0) is 20.1. The molecule has 0 unspecified atom stereocenters. The maximum Gasteiger partial charge on any atom is 0.226 e. The highest BCUT2D eigenvalue weighted by molar-refractivity contribution is 5.81. The summed E-state index contributed by atoms with van der Waals surface area (Å²) < 4.78 is 13.6. The minimum absolute atomic E-state index is 0.0355. The van der Waals surface area contributed by atoms with E-state index in [2.05, 4.69) is 5.32 Å². The molecule has 0 saturated carbocycles. The number of hydrogen-bond acceptors (Lipinski definition) is 3. The van der Waals surface area contributed by atoms with Gasteiger partial charge in [-0.25, -0.2) is 4.39 Å².